The Bertz CT molecular complexity index is 834. The molecule has 0 amide bonds. The van der Waals surface area contributed by atoms with Crippen molar-refractivity contribution in [1.29, 1.82) is 0 Å². The molecule has 0 radical (unpaired) electrons. The summed E-state index contributed by atoms with van der Waals surface area (Å²) in [6.07, 6.45) is 0. The van der Waals surface area contributed by atoms with Gasteiger partial charge in [0, 0.05) is 13.0 Å². The third-order valence-electron chi connectivity index (χ3n) is 4.61. The molecule has 0 bridgehead atoms. The minimum Gasteiger partial charge on any atom is -0.383 e. The molecule has 0 saturated heterocycles. The van der Waals surface area contributed by atoms with Crippen LogP contribution in [-0.4, -0.2) is 32.9 Å². The van der Waals surface area contributed by atoms with Crippen molar-refractivity contribution >= 4 is 9.84 Å². The fourth-order valence-electron chi connectivity index (χ4n) is 3.34. The highest BCUT2D eigenvalue weighted by Gasteiger charge is 2.69. The summed E-state index contributed by atoms with van der Waals surface area (Å²) >= 11 is 0. The molecule has 3 rings (SSSR count). The summed E-state index contributed by atoms with van der Waals surface area (Å²) < 4.78 is 44.4. The molecule has 3 atom stereocenters. The van der Waals surface area contributed by atoms with Gasteiger partial charge in [-0.05, 0) is 36.8 Å². The van der Waals surface area contributed by atoms with Gasteiger partial charge in [0.15, 0.2) is 9.84 Å². The number of aryl methyl sites for hydroxylation is 1. The Labute approximate surface area is 141 Å². The van der Waals surface area contributed by atoms with Gasteiger partial charge in [-0.1, -0.05) is 29.8 Å². The number of halogens is 1. The molecule has 1 aliphatic carbocycles. The predicted octanol–water partition coefficient (Wildman–Crippen LogP) is 2.42. The van der Waals surface area contributed by atoms with Crippen molar-refractivity contribution in [2.24, 2.45) is 5.73 Å². The van der Waals surface area contributed by atoms with Crippen LogP contribution in [0.25, 0.3) is 0 Å². The van der Waals surface area contributed by atoms with Crippen LogP contribution in [0.5, 0.6) is 0 Å². The second-order valence-corrected chi connectivity index (χ2v) is 8.42. The van der Waals surface area contributed by atoms with Gasteiger partial charge in [-0.15, -0.1) is 0 Å². The first kappa shape index (κ1) is 17.1. The molecule has 128 valence electrons. The van der Waals surface area contributed by atoms with Gasteiger partial charge in [0.1, 0.15) is 5.82 Å². The molecule has 4 nitrogen and oxygen atoms in total. The number of sulfone groups is 1. The normalized spacial score (nSPS) is 26.3. The van der Waals surface area contributed by atoms with E-state index in [1.54, 1.807) is 36.4 Å². The molecule has 0 heterocycles. The maximum atomic E-state index is 13.2. The van der Waals surface area contributed by atoms with E-state index in [-0.39, 0.29) is 17.3 Å². The van der Waals surface area contributed by atoms with E-state index >= 15 is 0 Å². The first-order valence-corrected chi connectivity index (χ1v) is 9.19. The lowest BCUT2D eigenvalue weighted by atomic mass is 10.1. The fraction of sp³-hybridized carbons (Fsp3) is 0.333. The first-order valence-electron chi connectivity index (χ1n) is 7.64. The Balaban J connectivity index is 2.01. The second kappa shape index (κ2) is 5.95. The first-order chi connectivity index (χ1) is 11.3. The smallest absolute Gasteiger partial charge is 0.183 e. The Hall–Kier alpha value is -1.76. The molecular weight excluding hydrogens is 329 g/mol. The zero-order valence-electron chi connectivity index (χ0n) is 13.6. The van der Waals surface area contributed by atoms with Crippen LogP contribution in [0.15, 0.2) is 53.4 Å². The topological polar surface area (TPSA) is 69.4 Å². The van der Waals surface area contributed by atoms with Crippen molar-refractivity contribution in [2.45, 2.75) is 28.5 Å². The summed E-state index contributed by atoms with van der Waals surface area (Å²) in [5, 5.41) is -0.793. The molecule has 0 aliphatic heterocycles. The Morgan fingerprint density at radius 2 is 1.71 bits per heavy atom. The number of hydrogen-bond acceptors (Lipinski definition) is 4. The Morgan fingerprint density at radius 3 is 2.25 bits per heavy atom. The highest BCUT2D eigenvalue weighted by Crippen LogP contribution is 2.55. The third-order valence-corrected chi connectivity index (χ3v) is 6.92. The monoisotopic (exact) mass is 349 g/mol. The lowest BCUT2D eigenvalue weighted by molar-refractivity contribution is 0.171. The van der Waals surface area contributed by atoms with E-state index in [0.29, 0.717) is 5.56 Å². The zero-order valence-corrected chi connectivity index (χ0v) is 14.4. The molecule has 2 aromatic rings. The standard InChI is InChI=1S/C18H20FNO3S/c1-12-3-9-15(10-4-12)24(21,22)17-16(18(17,20)11-23-2)13-5-7-14(19)8-6-13/h3-10,16-17H,11,20H2,1-2H3/t16-,17-,18+/m0/s1. The van der Waals surface area contributed by atoms with Crippen LogP contribution in [0, 0.1) is 12.7 Å². The van der Waals surface area contributed by atoms with Gasteiger partial charge in [-0.25, -0.2) is 12.8 Å². The van der Waals surface area contributed by atoms with Crippen LogP contribution in [-0.2, 0) is 14.6 Å². The Morgan fingerprint density at radius 1 is 1.12 bits per heavy atom. The van der Waals surface area contributed by atoms with Gasteiger partial charge in [0.2, 0.25) is 0 Å². The minimum absolute atomic E-state index is 0.116. The molecule has 6 heteroatoms. The molecule has 1 saturated carbocycles. The Kier molecular flexibility index (Phi) is 4.23. The summed E-state index contributed by atoms with van der Waals surface area (Å²) in [6.45, 7) is 2.01. The number of ether oxygens (including phenoxy) is 1. The fourth-order valence-corrected chi connectivity index (χ4v) is 5.63. The van der Waals surface area contributed by atoms with E-state index in [2.05, 4.69) is 0 Å². The molecule has 2 N–H and O–H groups in total. The zero-order chi connectivity index (χ0) is 17.5. The molecule has 2 aromatic carbocycles. The molecule has 0 unspecified atom stereocenters. The van der Waals surface area contributed by atoms with Gasteiger partial charge < -0.3 is 10.5 Å². The number of nitrogens with two attached hydrogens (primary N) is 1. The summed E-state index contributed by atoms with van der Waals surface area (Å²) in [7, 11) is -2.13. The number of hydrogen-bond donors (Lipinski definition) is 1. The maximum Gasteiger partial charge on any atom is 0.183 e. The van der Waals surface area contributed by atoms with Gasteiger partial charge in [0.25, 0.3) is 0 Å². The minimum atomic E-state index is -3.62. The second-order valence-electron chi connectivity index (χ2n) is 6.35. The lowest BCUT2D eigenvalue weighted by Gasteiger charge is -2.11. The van der Waals surface area contributed by atoms with Crippen LogP contribution < -0.4 is 5.73 Å². The lowest BCUT2D eigenvalue weighted by Crippen LogP contribution is -2.35. The van der Waals surface area contributed by atoms with Crippen molar-refractivity contribution < 1.29 is 17.5 Å². The highest BCUT2D eigenvalue weighted by molar-refractivity contribution is 7.92. The summed E-state index contributed by atoms with van der Waals surface area (Å²) in [4.78, 5) is 0.244. The van der Waals surface area contributed by atoms with Crippen molar-refractivity contribution in [3.63, 3.8) is 0 Å². The van der Waals surface area contributed by atoms with Crippen LogP contribution in [0.4, 0.5) is 4.39 Å². The number of benzene rings is 2. The van der Waals surface area contributed by atoms with Gasteiger partial charge in [0.05, 0.1) is 22.3 Å². The van der Waals surface area contributed by atoms with Crippen molar-refractivity contribution in [3.8, 4) is 0 Å². The summed E-state index contributed by atoms with van der Waals surface area (Å²) in [5.74, 6) is -0.795. The van der Waals surface area contributed by atoms with E-state index < -0.39 is 26.5 Å². The molecule has 1 aliphatic rings. The number of rotatable bonds is 5. The predicted molar refractivity (Wildman–Crippen MR) is 90.1 cm³/mol. The molecule has 0 spiro atoms. The van der Waals surface area contributed by atoms with E-state index in [0.717, 1.165) is 5.56 Å². The quantitative estimate of drug-likeness (QED) is 0.900. The summed E-state index contributed by atoms with van der Waals surface area (Å²) in [6, 6.07) is 12.5. The SMILES string of the molecule is COC[C@@]1(N)[C@@H](c2ccc(F)cc2)[C@@H]1S(=O)(=O)c1ccc(C)cc1. The van der Waals surface area contributed by atoms with Crippen LogP contribution in [0.2, 0.25) is 0 Å². The van der Waals surface area contributed by atoms with Crippen LogP contribution in [0.1, 0.15) is 17.0 Å². The van der Waals surface area contributed by atoms with Crippen molar-refractivity contribution in [1.82, 2.24) is 0 Å². The maximum absolute atomic E-state index is 13.2. The average molecular weight is 349 g/mol. The average Bonchev–Trinajstić information content (AvgIpc) is 3.15. The molecule has 24 heavy (non-hydrogen) atoms. The van der Waals surface area contributed by atoms with Crippen molar-refractivity contribution in [3.05, 3.63) is 65.5 Å². The van der Waals surface area contributed by atoms with E-state index in [9.17, 15) is 12.8 Å². The highest BCUT2D eigenvalue weighted by atomic mass is 32.2. The molecule has 0 aromatic heterocycles. The van der Waals surface area contributed by atoms with Gasteiger partial charge >= 0.3 is 0 Å². The van der Waals surface area contributed by atoms with E-state index in [1.165, 1.54) is 19.2 Å². The molecular formula is C18H20FNO3S. The molecule has 1 fully saturated rings. The number of methoxy groups -OCH3 is 1. The van der Waals surface area contributed by atoms with Crippen molar-refractivity contribution in [2.75, 3.05) is 13.7 Å². The summed E-state index contributed by atoms with van der Waals surface area (Å²) in [5.41, 5.74) is 7.04. The van der Waals surface area contributed by atoms with Gasteiger partial charge in [-0.2, -0.15) is 0 Å². The van der Waals surface area contributed by atoms with Gasteiger partial charge in [-0.3, -0.25) is 0 Å². The third kappa shape index (κ3) is 2.75. The van der Waals surface area contributed by atoms with E-state index in [4.69, 9.17) is 10.5 Å². The largest absolute Gasteiger partial charge is 0.383 e. The van der Waals surface area contributed by atoms with Crippen LogP contribution in [0.3, 0.4) is 0 Å². The van der Waals surface area contributed by atoms with Crippen LogP contribution >= 0.6 is 0 Å². The van der Waals surface area contributed by atoms with E-state index in [1.807, 2.05) is 6.92 Å².